The van der Waals surface area contributed by atoms with Gasteiger partial charge in [-0.15, -0.1) is 10.2 Å². The van der Waals surface area contributed by atoms with E-state index in [1.165, 1.54) is 11.8 Å². The Labute approximate surface area is 126 Å². The zero-order chi connectivity index (χ0) is 14.8. The van der Waals surface area contributed by atoms with E-state index in [0.29, 0.717) is 11.1 Å². The number of aryl methyl sites for hydroxylation is 3. The molecule has 0 saturated heterocycles. The van der Waals surface area contributed by atoms with Crippen molar-refractivity contribution in [3.8, 4) is 11.5 Å². The highest BCUT2D eigenvalue weighted by Crippen LogP contribution is 2.29. The van der Waals surface area contributed by atoms with Gasteiger partial charge in [-0.25, -0.2) is 9.97 Å². The molecule has 0 fully saturated rings. The molecule has 0 radical (unpaired) electrons. The SMILES string of the molecule is Cc1cc(Sc2nnc(-c3ccccc3C)o2)nc(C)n1. The maximum atomic E-state index is 5.71. The first-order valence-electron chi connectivity index (χ1n) is 6.51. The standard InChI is InChI=1S/C15H14N4OS/c1-9-6-4-5-7-12(9)14-18-19-15(20-14)21-13-8-10(2)16-11(3)17-13/h4-8H,1-3H3. The van der Waals surface area contributed by atoms with Gasteiger partial charge >= 0.3 is 0 Å². The van der Waals surface area contributed by atoms with Crippen LogP contribution in [0, 0.1) is 20.8 Å². The van der Waals surface area contributed by atoms with E-state index < -0.39 is 0 Å². The van der Waals surface area contributed by atoms with E-state index in [-0.39, 0.29) is 0 Å². The third-order valence-electron chi connectivity index (χ3n) is 2.92. The molecule has 0 amide bonds. The van der Waals surface area contributed by atoms with Crippen molar-refractivity contribution in [1.29, 1.82) is 0 Å². The Hall–Kier alpha value is -2.21. The van der Waals surface area contributed by atoms with E-state index in [9.17, 15) is 0 Å². The minimum absolute atomic E-state index is 0.478. The first kappa shape index (κ1) is 13.8. The van der Waals surface area contributed by atoms with E-state index in [1.807, 2.05) is 51.1 Å². The summed E-state index contributed by atoms with van der Waals surface area (Å²) < 4.78 is 5.71. The molecule has 5 nitrogen and oxygen atoms in total. The molecule has 3 rings (SSSR count). The summed E-state index contributed by atoms with van der Waals surface area (Å²) >= 11 is 1.35. The van der Waals surface area contributed by atoms with Crippen LogP contribution in [0.4, 0.5) is 0 Å². The van der Waals surface area contributed by atoms with Gasteiger partial charge in [0, 0.05) is 11.3 Å². The van der Waals surface area contributed by atoms with Crippen molar-refractivity contribution in [1.82, 2.24) is 20.2 Å². The molecular weight excluding hydrogens is 284 g/mol. The number of hydrogen-bond donors (Lipinski definition) is 0. The van der Waals surface area contributed by atoms with Crippen LogP contribution in [0.3, 0.4) is 0 Å². The van der Waals surface area contributed by atoms with Gasteiger partial charge < -0.3 is 4.42 Å². The zero-order valence-electron chi connectivity index (χ0n) is 12.0. The molecule has 0 saturated carbocycles. The van der Waals surface area contributed by atoms with E-state index in [1.54, 1.807) is 0 Å². The predicted octanol–water partition coefficient (Wildman–Crippen LogP) is 3.60. The molecule has 106 valence electrons. The fourth-order valence-electron chi connectivity index (χ4n) is 2.00. The molecule has 0 aliphatic rings. The topological polar surface area (TPSA) is 64.7 Å². The van der Waals surface area contributed by atoms with Crippen molar-refractivity contribution < 1.29 is 4.42 Å². The van der Waals surface area contributed by atoms with Gasteiger partial charge in [-0.1, -0.05) is 18.2 Å². The van der Waals surface area contributed by atoms with Crippen LogP contribution >= 0.6 is 11.8 Å². The zero-order valence-corrected chi connectivity index (χ0v) is 12.8. The van der Waals surface area contributed by atoms with Crippen LogP contribution in [0.2, 0.25) is 0 Å². The molecule has 0 unspecified atom stereocenters. The lowest BCUT2D eigenvalue weighted by Gasteiger charge is -2.00. The molecular formula is C15H14N4OS. The van der Waals surface area contributed by atoms with Gasteiger partial charge in [0.05, 0.1) is 0 Å². The molecule has 0 aliphatic carbocycles. The normalized spacial score (nSPS) is 10.8. The summed E-state index contributed by atoms with van der Waals surface area (Å²) in [7, 11) is 0. The Bertz CT molecular complexity index is 765. The third-order valence-corrected chi connectivity index (χ3v) is 3.67. The van der Waals surface area contributed by atoms with Gasteiger partial charge in [0.1, 0.15) is 10.9 Å². The molecule has 0 atom stereocenters. The van der Waals surface area contributed by atoms with Crippen molar-refractivity contribution in [3.63, 3.8) is 0 Å². The minimum atomic E-state index is 0.478. The molecule has 21 heavy (non-hydrogen) atoms. The van der Waals surface area contributed by atoms with E-state index in [2.05, 4.69) is 20.2 Å². The van der Waals surface area contributed by atoms with Gasteiger partial charge in [0.15, 0.2) is 0 Å². The quantitative estimate of drug-likeness (QED) is 0.688. The summed E-state index contributed by atoms with van der Waals surface area (Å²) in [6.45, 7) is 5.82. The van der Waals surface area contributed by atoms with Gasteiger partial charge in [-0.2, -0.15) is 0 Å². The van der Waals surface area contributed by atoms with Gasteiger partial charge in [-0.3, -0.25) is 0 Å². The van der Waals surface area contributed by atoms with Gasteiger partial charge in [0.25, 0.3) is 5.22 Å². The summed E-state index contributed by atoms with van der Waals surface area (Å²) in [5, 5.41) is 9.46. The summed E-state index contributed by atoms with van der Waals surface area (Å²) in [5.74, 6) is 1.26. The second-order valence-electron chi connectivity index (χ2n) is 4.68. The van der Waals surface area contributed by atoms with E-state index >= 15 is 0 Å². The number of aromatic nitrogens is 4. The van der Waals surface area contributed by atoms with Crippen LogP contribution in [0.1, 0.15) is 17.1 Å². The smallest absolute Gasteiger partial charge is 0.283 e. The first-order valence-corrected chi connectivity index (χ1v) is 7.33. The van der Waals surface area contributed by atoms with Crippen LogP contribution in [0.5, 0.6) is 0 Å². The fourth-order valence-corrected chi connectivity index (χ4v) is 2.79. The Kier molecular flexibility index (Phi) is 3.70. The molecule has 0 N–H and O–H groups in total. The maximum Gasteiger partial charge on any atom is 0.283 e. The number of nitrogens with zero attached hydrogens (tertiary/aromatic N) is 4. The number of benzene rings is 1. The second-order valence-corrected chi connectivity index (χ2v) is 5.66. The summed E-state index contributed by atoms with van der Waals surface area (Å²) in [5.41, 5.74) is 2.97. The Morgan fingerprint density at radius 1 is 1.00 bits per heavy atom. The van der Waals surface area contributed by atoms with Crippen molar-refractivity contribution in [3.05, 3.63) is 47.4 Å². The minimum Gasteiger partial charge on any atom is -0.411 e. The van der Waals surface area contributed by atoms with Gasteiger partial charge in [-0.05, 0) is 50.2 Å². The van der Waals surface area contributed by atoms with Crippen LogP contribution in [-0.2, 0) is 0 Å². The molecule has 2 aromatic heterocycles. The Balaban J connectivity index is 1.87. The van der Waals surface area contributed by atoms with Crippen molar-refractivity contribution in [2.24, 2.45) is 0 Å². The highest BCUT2D eigenvalue weighted by Gasteiger charge is 2.12. The highest BCUT2D eigenvalue weighted by atomic mass is 32.2. The lowest BCUT2D eigenvalue weighted by Crippen LogP contribution is -1.92. The third kappa shape index (κ3) is 3.11. The Morgan fingerprint density at radius 2 is 1.81 bits per heavy atom. The molecule has 3 aromatic rings. The van der Waals surface area contributed by atoms with Crippen molar-refractivity contribution in [2.75, 3.05) is 0 Å². The average Bonchev–Trinajstić information content (AvgIpc) is 2.86. The highest BCUT2D eigenvalue weighted by molar-refractivity contribution is 7.99. The summed E-state index contributed by atoms with van der Waals surface area (Å²) in [6.07, 6.45) is 0. The Morgan fingerprint density at radius 3 is 2.57 bits per heavy atom. The van der Waals surface area contributed by atoms with Crippen LogP contribution in [0.25, 0.3) is 11.5 Å². The van der Waals surface area contributed by atoms with Crippen LogP contribution in [-0.4, -0.2) is 20.2 Å². The molecule has 0 aliphatic heterocycles. The second kappa shape index (κ2) is 5.65. The average molecular weight is 298 g/mol. The fraction of sp³-hybridized carbons (Fsp3) is 0.200. The lowest BCUT2D eigenvalue weighted by molar-refractivity contribution is 0.465. The van der Waals surface area contributed by atoms with Crippen molar-refractivity contribution in [2.45, 2.75) is 31.0 Å². The predicted molar refractivity (Wildman–Crippen MR) is 80.1 cm³/mol. The first-order chi connectivity index (χ1) is 10.1. The van der Waals surface area contributed by atoms with E-state index in [0.717, 1.165) is 27.7 Å². The lowest BCUT2D eigenvalue weighted by atomic mass is 10.1. The van der Waals surface area contributed by atoms with Crippen LogP contribution < -0.4 is 0 Å². The van der Waals surface area contributed by atoms with Gasteiger partial charge in [0.2, 0.25) is 5.89 Å². The monoisotopic (exact) mass is 298 g/mol. The largest absolute Gasteiger partial charge is 0.411 e. The summed E-state index contributed by atoms with van der Waals surface area (Å²) in [4.78, 5) is 8.60. The van der Waals surface area contributed by atoms with Crippen LogP contribution in [0.15, 0.2) is 45.0 Å². The van der Waals surface area contributed by atoms with E-state index in [4.69, 9.17) is 4.42 Å². The molecule has 6 heteroatoms. The maximum absolute atomic E-state index is 5.71. The molecule has 0 spiro atoms. The molecule has 2 heterocycles. The molecule has 1 aromatic carbocycles. The molecule has 0 bridgehead atoms. The summed E-state index contributed by atoms with van der Waals surface area (Å²) in [6, 6.07) is 9.82. The number of hydrogen-bond acceptors (Lipinski definition) is 6. The number of rotatable bonds is 3. The van der Waals surface area contributed by atoms with Crippen molar-refractivity contribution >= 4 is 11.8 Å².